The van der Waals surface area contributed by atoms with Crippen LogP contribution in [0, 0.1) is 0 Å². The number of ketones is 1. The summed E-state index contributed by atoms with van der Waals surface area (Å²) >= 11 is 0. The third-order valence-corrected chi connectivity index (χ3v) is 2.09. The highest BCUT2D eigenvalue weighted by molar-refractivity contribution is 5.99. The summed E-state index contributed by atoms with van der Waals surface area (Å²) in [4.78, 5) is 22.2. The van der Waals surface area contributed by atoms with Crippen LogP contribution in [0.25, 0.3) is 0 Å². The predicted octanol–water partition coefficient (Wildman–Crippen LogP) is 0.473. The van der Waals surface area contributed by atoms with Crippen LogP contribution < -0.4 is 11.3 Å². The summed E-state index contributed by atoms with van der Waals surface area (Å²) < 4.78 is 12.3. The maximum atomic E-state index is 12.3. The lowest BCUT2D eigenvalue weighted by Gasteiger charge is -2.20. The largest absolute Gasteiger partial charge is 0.479 e. The van der Waals surface area contributed by atoms with Gasteiger partial charge >= 0.3 is 5.97 Å². The second-order valence-corrected chi connectivity index (χ2v) is 3.34. The Balaban J connectivity index is 2.82. The third kappa shape index (κ3) is 2.62. The van der Waals surface area contributed by atoms with E-state index in [-0.39, 0.29) is 5.56 Å². The Bertz CT molecular complexity index is 396. The quantitative estimate of drug-likeness (QED) is 0.385. The Hall–Kier alpha value is -1.79. The van der Waals surface area contributed by atoms with Gasteiger partial charge in [0.1, 0.15) is 0 Å². The van der Waals surface area contributed by atoms with Gasteiger partial charge in [-0.15, -0.1) is 10.0 Å². The molecule has 0 radical (unpaired) electrons. The molecule has 86 valence electrons. The highest BCUT2D eigenvalue weighted by atomic mass is 19.2. The van der Waals surface area contributed by atoms with Gasteiger partial charge in [-0.3, -0.25) is 4.79 Å². The summed E-state index contributed by atoms with van der Waals surface area (Å²) in [6.45, 7) is 0. The number of nitrogens with two attached hydrogens (primary N) is 1. The highest BCUT2D eigenvalue weighted by Gasteiger charge is 2.37. The molecule has 0 aromatic heterocycles. The monoisotopic (exact) mass is 226 g/mol. The maximum Gasteiger partial charge on any atom is 0.341 e. The summed E-state index contributed by atoms with van der Waals surface area (Å²) in [5.41, 5.74) is 4.01. The van der Waals surface area contributed by atoms with Gasteiger partial charge in [0.15, 0.2) is 11.4 Å². The Morgan fingerprint density at radius 3 is 2.38 bits per heavy atom. The van der Waals surface area contributed by atoms with E-state index in [1.807, 2.05) is 0 Å². The Morgan fingerprint density at radius 2 is 1.94 bits per heavy atom. The molecule has 16 heavy (non-hydrogen) atoms. The van der Waals surface area contributed by atoms with Crippen LogP contribution in [-0.4, -0.2) is 22.5 Å². The number of carbonyl (C=O) groups is 2. The third-order valence-electron chi connectivity index (χ3n) is 2.09. The van der Waals surface area contributed by atoms with Gasteiger partial charge in [-0.05, 0) is 0 Å². The van der Waals surface area contributed by atoms with Crippen molar-refractivity contribution in [1.29, 1.82) is 0 Å². The van der Waals surface area contributed by atoms with Crippen molar-refractivity contribution in [2.45, 2.75) is 12.1 Å². The highest BCUT2D eigenvalue weighted by Crippen LogP contribution is 2.10. The zero-order chi connectivity index (χ0) is 12.2. The molecule has 4 N–H and O–H groups in total. The molecule has 1 unspecified atom stereocenters. The van der Waals surface area contributed by atoms with E-state index >= 15 is 0 Å². The standard InChI is InChI=1S/C10H11FN2O3/c11-13-10(12,9(15)16)6-8(14)7-4-2-1-3-5-7/h1-5,13H,6,12H2,(H,15,16). The molecule has 0 saturated carbocycles. The zero-order valence-electron chi connectivity index (χ0n) is 8.31. The van der Waals surface area contributed by atoms with Crippen LogP contribution in [-0.2, 0) is 4.79 Å². The number of hydrogen-bond donors (Lipinski definition) is 3. The molecule has 1 atom stereocenters. The fraction of sp³-hybridized carbons (Fsp3) is 0.200. The molecular formula is C10H11FN2O3. The van der Waals surface area contributed by atoms with Crippen molar-refractivity contribution in [3.8, 4) is 0 Å². The minimum atomic E-state index is -2.38. The van der Waals surface area contributed by atoms with Gasteiger partial charge in [0.05, 0.1) is 6.42 Å². The average Bonchev–Trinajstić information content (AvgIpc) is 2.29. The molecule has 0 aliphatic heterocycles. The van der Waals surface area contributed by atoms with Crippen molar-refractivity contribution >= 4 is 11.8 Å². The van der Waals surface area contributed by atoms with Crippen LogP contribution in [0.5, 0.6) is 0 Å². The summed E-state index contributed by atoms with van der Waals surface area (Å²) in [5.74, 6) is -2.17. The fourth-order valence-electron chi connectivity index (χ4n) is 1.13. The number of halogens is 1. The number of Topliss-reactive ketones (excluding diaryl/α,β-unsaturated/α-hetero) is 1. The number of rotatable bonds is 5. The number of carbonyl (C=O) groups excluding carboxylic acids is 1. The Kier molecular flexibility index (Phi) is 3.70. The van der Waals surface area contributed by atoms with Gasteiger partial charge in [-0.2, -0.15) is 0 Å². The molecule has 1 rings (SSSR count). The Labute approximate surface area is 91.0 Å². The summed E-state index contributed by atoms with van der Waals surface area (Å²) in [7, 11) is 0. The number of benzene rings is 1. The van der Waals surface area contributed by atoms with Gasteiger partial charge in [0.25, 0.3) is 0 Å². The first-order valence-electron chi connectivity index (χ1n) is 4.48. The number of hydrogen-bond acceptors (Lipinski definition) is 4. The van der Waals surface area contributed by atoms with Gasteiger partial charge in [0, 0.05) is 5.56 Å². The van der Waals surface area contributed by atoms with Crippen LogP contribution in [0.2, 0.25) is 0 Å². The van der Waals surface area contributed by atoms with E-state index in [9.17, 15) is 14.1 Å². The van der Waals surface area contributed by atoms with Crippen LogP contribution in [0.1, 0.15) is 16.8 Å². The van der Waals surface area contributed by atoms with Crippen molar-refractivity contribution < 1.29 is 19.2 Å². The van der Waals surface area contributed by atoms with E-state index in [0.717, 1.165) is 5.54 Å². The van der Waals surface area contributed by atoms with E-state index in [4.69, 9.17) is 10.8 Å². The average molecular weight is 226 g/mol. The number of aliphatic carboxylic acids is 1. The number of nitrogens with one attached hydrogen (secondary N) is 1. The fourth-order valence-corrected chi connectivity index (χ4v) is 1.13. The summed E-state index contributed by atoms with van der Waals surface area (Å²) in [6.07, 6.45) is -0.664. The first-order valence-corrected chi connectivity index (χ1v) is 4.48. The van der Waals surface area contributed by atoms with Crippen molar-refractivity contribution in [3.05, 3.63) is 35.9 Å². The molecule has 0 bridgehead atoms. The molecule has 0 fully saturated rings. The smallest absolute Gasteiger partial charge is 0.341 e. The van der Waals surface area contributed by atoms with Gasteiger partial charge in [-0.25, -0.2) is 4.79 Å². The second kappa shape index (κ2) is 4.82. The van der Waals surface area contributed by atoms with E-state index < -0.39 is 23.8 Å². The molecule has 1 aromatic carbocycles. The van der Waals surface area contributed by atoms with Crippen LogP contribution in [0.3, 0.4) is 0 Å². The Morgan fingerprint density at radius 1 is 1.38 bits per heavy atom. The predicted molar refractivity (Wildman–Crippen MR) is 54.2 cm³/mol. The minimum Gasteiger partial charge on any atom is -0.479 e. The molecule has 6 heteroatoms. The molecule has 0 aliphatic rings. The molecule has 0 amide bonds. The van der Waals surface area contributed by atoms with E-state index in [1.165, 1.54) is 12.1 Å². The molecule has 0 spiro atoms. The lowest BCUT2D eigenvalue weighted by atomic mass is 10.00. The van der Waals surface area contributed by atoms with E-state index in [0.29, 0.717) is 0 Å². The van der Waals surface area contributed by atoms with Crippen molar-refractivity contribution in [3.63, 3.8) is 0 Å². The molecule has 1 aromatic rings. The lowest BCUT2D eigenvalue weighted by Crippen LogP contribution is -2.58. The van der Waals surface area contributed by atoms with Gasteiger partial charge < -0.3 is 10.8 Å². The van der Waals surface area contributed by atoms with Crippen molar-refractivity contribution in [2.75, 3.05) is 0 Å². The maximum absolute atomic E-state index is 12.3. The molecule has 0 saturated heterocycles. The normalized spacial score (nSPS) is 14.1. The SMILES string of the molecule is NC(CC(=O)c1ccccc1)(NF)C(=O)O. The first kappa shape index (κ1) is 12.3. The summed E-state index contributed by atoms with van der Waals surface area (Å²) in [6, 6.07) is 7.95. The molecular weight excluding hydrogens is 215 g/mol. The van der Waals surface area contributed by atoms with Gasteiger partial charge in [-0.1, -0.05) is 30.3 Å². The lowest BCUT2D eigenvalue weighted by molar-refractivity contribution is -0.147. The topological polar surface area (TPSA) is 92.4 Å². The molecule has 0 aliphatic carbocycles. The van der Waals surface area contributed by atoms with Crippen LogP contribution in [0.4, 0.5) is 4.48 Å². The van der Waals surface area contributed by atoms with E-state index in [2.05, 4.69) is 0 Å². The van der Waals surface area contributed by atoms with Crippen LogP contribution in [0.15, 0.2) is 30.3 Å². The van der Waals surface area contributed by atoms with Crippen molar-refractivity contribution in [2.24, 2.45) is 5.73 Å². The van der Waals surface area contributed by atoms with E-state index in [1.54, 1.807) is 18.2 Å². The number of carboxylic acids is 1. The number of carboxylic acid groups (broad SMARTS) is 1. The first-order chi connectivity index (χ1) is 7.49. The molecule has 0 heterocycles. The molecule has 5 nitrogen and oxygen atoms in total. The van der Waals surface area contributed by atoms with Crippen molar-refractivity contribution in [1.82, 2.24) is 5.54 Å². The van der Waals surface area contributed by atoms with Crippen LogP contribution >= 0.6 is 0 Å². The summed E-state index contributed by atoms with van der Waals surface area (Å²) in [5, 5.41) is 8.65. The second-order valence-electron chi connectivity index (χ2n) is 3.34. The zero-order valence-corrected chi connectivity index (χ0v) is 8.31. The van der Waals surface area contributed by atoms with Gasteiger partial charge in [0.2, 0.25) is 0 Å². The minimum absolute atomic E-state index is 0.286.